The van der Waals surface area contributed by atoms with Crippen LogP contribution in [0.5, 0.6) is 0 Å². The molecule has 0 spiro atoms. The molecule has 0 saturated heterocycles. The van der Waals surface area contributed by atoms with Crippen LogP contribution in [0.4, 0.5) is 0 Å². The Morgan fingerprint density at radius 1 is 0.327 bits per heavy atom. The average molecular weight is 1480 g/mol. The van der Waals surface area contributed by atoms with Crippen molar-refractivity contribution in [2.75, 3.05) is 39.6 Å². The van der Waals surface area contributed by atoms with Crippen LogP contribution in [0.1, 0.15) is 402 Å². The van der Waals surface area contributed by atoms with Crippen molar-refractivity contribution in [3.63, 3.8) is 0 Å². The van der Waals surface area contributed by atoms with Gasteiger partial charge in [0, 0.05) is 25.7 Å². The molecule has 0 aromatic carbocycles. The number of carbonyl (C=O) groups is 4. The largest absolute Gasteiger partial charge is 0.472 e. The van der Waals surface area contributed by atoms with E-state index in [1.165, 1.54) is 186 Å². The monoisotopic (exact) mass is 1480 g/mol. The summed E-state index contributed by atoms with van der Waals surface area (Å²) in [5, 5.41) is 10.6. The number of rotatable bonds is 78. The Kier molecular flexibility index (Phi) is 70.0. The van der Waals surface area contributed by atoms with Crippen molar-refractivity contribution < 1.29 is 80.2 Å². The number of unbranched alkanes of at least 4 members (excludes halogenated alkanes) is 42. The van der Waals surface area contributed by atoms with Crippen LogP contribution in [-0.4, -0.2) is 96.7 Å². The highest BCUT2D eigenvalue weighted by atomic mass is 31.2. The lowest BCUT2D eigenvalue weighted by Crippen LogP contribution is -2.30. The topological polar surface area (TPSA) is 237 Å². The summed E-state index contributed by atoms with van der Waals surface area (Å²) in [6.45, 7) is 11.9. The number of esters is 4. The van der Waals surface area contributed by atoms with Crippen LogP contribution in [0.25, 0.3) is 0 Å². The maximum Gasteiger partial charge on any atom is 0.472 e. The lowest BCUT2D eigenvalue weighted by atomic mass is 9.99. The van der Waals surface area contributed by atoms with E-state index >= 15 is 0 Å². The summed E-state index contributed by atoms with van der Waals surface area (Å²) in [6.07, 6.45) is 63.4. The number of aliphatic hydroxyl groups is 1. The molecule has 0 radical (unpaired) electrons. The van der Waals surface area contributed by atoms with E-state index in [1.54, 1.807) is 0 Å². The zero-order valence-electron chi connectivity index (χ0n) is 65.9. The second-order valence-electron chi connectivity index (χ2n) is 30.0. The molecule has 0 bridgehead atoms. The molecule has 0 aromatic rings. The first-order chi connectivity index (χ1) is 48.8. The summed E-state index contributed by atoms with van der Waals surface area (Å²) >= 11 is 0. The van der Waals surface area contributed by atoms with Crippen LogP contribution in [0.2, 0.25) is 0 Å². The van der Waals surface area contributed by atoms with E-state index in [9.17, 15) is 43.2 Å². The number of carbonyl (C=O) groups excluding carboxylic acids is 4. The van der Waals surface area contributed by atoms with Crippen molar-refractivity contribution in [3.05, 3.63) is 24.3 Å². The maximum atomic E-state index is 13.1. The van der Waals surface area contributed by atoms with E-state index in [2.05, 4.69) is 72.8 Å². The van der Waals surface area contributed by atoms with Gasteiger partial charge in [-0.2, -0.15) is 0 Å². The smallest absolute Gasteiger partial charge is 0.462 e. The van der Waals surface area contributed by atoms with Gasteiger partial charge in [-0.3, -0.25) is 37.3 Å². The van der Waals surface area contributed by atoms with Crippen molar-refractivity contribution in [2.24, 2.45) is 17.8 Å². The molecule has 596 valence electrons. The van der Waals surface area contributed by atoms with Gasteiger partial charge in [0.15, 0.2) is 12.2 Å². The number of phosphoric ester groups is 2. The van der Waals surface area contributed by atoms with Gasteiger partial charge in [0.05, 0.1) is 26.4 Å². The lowest BCUT2D eigenvalue weighted by Gasteiger charge is -2.21. The van der Waals surface area contributed by atoms with Crippen LogP contribution < -0.4 is 0 Å². The molecule has 0 aliphatic heterocycles. The molecule has 0 aliphatic carbocycles. The third kappa shape index (κ3) is 74.2. The Bertz CT molecular complexity index is 2050. The predicted molar refractivity (Wildman–Crippen MR) is 414 cm³/mol. The van der Waals surface area contributed by atoms with Gasteiger partial charge in [-0.05, 0) is 69.1 Å². The van der Waals surface area contributed by atoms with Crippen molar-refractivity contribution in [1.82, 2.24) is 0 Å². The molecule has 0 amide bonds. The van der Waals surface area contributed by atoms with Crippen LogP contribution in [0.3, 0.4) is 0 Å². The molecule has 0 aromatic heterocycles. The molecular weight excluding hydrogens is 1320 g/mol. The third-order valence-electron chi connectivity index (χ3n) is 18.9. The number of phosphoric acid groups is 2. The van der Waals surface area contributed by atoms with Crippen molar-refractivity contribution in [3.8, 4) is 0 Å². The highest BCUT2D eigenvalue weighted by Crippen LogP contribution is 2.45. The number of aliphatic hydroxyl groups excluding tert-OH is 1. The summed E-state index contributed by atoms with van der Waals surface area (Å²) in [7, 11) is -9.93. The highest BCUT2D eigenvalue weighted by molar-refractivity contribution is 7.47. The summed E-state index contributed by atoms with van der Waals surface area (Å²) in [5.74, 6) is 0.187. The Morgan fingerprint density at radius 3 is 0.881 bits per heavy atom. The first kappa shape index (κ1) is 98.5. The Labute approximate surface area is 618 Å². The van der Waals surface area contributed by atoms with Crippen molar-refractivity contribution >= 4 is 39.5 Å². The van der Waals surface area contributed by atoms with E-state index in [-0.39, 0.29) is 25.7 Å². The molecule has 17 nitrogen and oxygen atoms in total. The first-order valence-corrected chi connectivity index (χ1v) is 44.7. The molecule has 0 aliphatic rings. The minimum Gasteiger partial charge on any atom is -0.462 e. The van der Waals surface area contributed by atoms with E-state index in [0.29, 0.717) is 31.6 Å². The van der Waals surface area contributed by atoms with E-state index in [4.69, 9.17) is 37.0 Å². The van der Waals surface area contributed by atoms with Gasteiger partial charge in [0.1, 0.15) is 19.3 Å². The van der Waals surface area contributed by atoms with Gasteiger partial charge in [-0.1, -0.05) is 349 Å². The lowest BCUT2D eigenvalue weighted by molar-refractivity contribution is -0.161. The molecular formula is C82H156O17P2. The average Bonchev–Trinajstić information content (AvgIpc) is 1.00. The fraction of sp³-hybridized carbons (Fsp3) is 0.902. The van der Waals surface area contributed by atoms with Crippen molar-refractivity contribution in [1.29, 1.82) is 0 Å². The second kappa shape index (κ2) is 71.8. The molecule has 0 rings (SSSR count). The molecule has 0 fully saturated rings. The summed E-state index contributed by atoms with van der Waals surface area (Å²) in [6, 6.07) is 0. The standard InChI is InChI=1S/C82H156O17P2/c1-8-10-11-12-13-14-15-16-19-26-31-36-41-49-56-63-79(84)92-69-77(98-81(86)65-58-51-42-37-32-27-21-18-17-20-24-29-34-39-46-53-60-73(3)4)71-96-100(88,89)94-67-76(83)68-95-101(90,91)97-72-78(70-93-80(85)64-57-50-45-44-47-54-61-74(5)6)99-82(87)66-59-52-43-38-33-28-23-22-25-30-35-40-48-55-62-75(7)9-2/h14-16,19,73-78,83H,8-13,17-18,20-72H2,1-7H3,(H,88,89)(H,90,91)/b15-14-,19-16-/t75?,76-,77-,78-/m1/s1. The molecule has 6 atom stereocenters. The second-order valence-corrected chi connectivity index (χ2v) is 32.9. The normalized spacial score (nSPS) is 14.4. The van der Waals surface area contributed by atoms with Crippen LogP contribution in [0.15, 0.2) is 24.3 Å². The number of ether oxygens (including phenoxy) is 4. The molecule has 0 saturated carbocycles. The first-order valence-electron chi connectivity index (χ1n) is 41.7. The predicted octanol–water partition coefficient (Wildman–Crippen LogP) is 24.1. The molecule has 19 heteroatoms. The molecule has 3 N–H and O–H groups in total. The molecule has 0 heterocycles. The zero-order chi connectivity index (χ0) is 74.4. The summed E-state index contributed by atoms with van der Waals surface area (Å²) in [5.41, 5.74) is 0. The fourth-order valence-corrected chi connectivity index (χ4v) is 13.7. The van der Waals surface area contributed by atoms with E-state index in [0.717, 1.165) is 127 Å². The number of allylic oxidation sites excluding steroid dienone is 4. The third-order valence-corrected chi connectivity index (χ3v) is 20.8. The van der Waals surface area contributed by atoms with Gasteiger partial charge in [-0.25, -0.2) is 9.13 Å². The Hall–Kier alpha value is -2.46. The minimum atomic E-state index is -4.97. The van der Waals surface area contributed by atoms with Crippen LogP contribution in [0, 0.1) is 17.8 Å². The minimum absolute atomic E-state index is 0.101. The summed E-state index contributed by atoms with van der Waals surface area (Å²) in [4.78, 5) is 73.0. The SMILES string of the molecule is CCCCCC/C=C\C=C/CCCCCCCC(=O)OC[C@H](COP(=O)(O)OC[C@@H](O)COP(=O)(O)OC[C@@H](COC(=O)CCCCCCCCC(C)C)OC(=O)CCCCCCCCCCCCCCCCC(C)CC)OC(=O)CCCCCCCCCCCCCCCCCCC(C)C. The maximum absolute atomic E-state index is 13.1. The quantitative estimate of drug-likeness (QED) is 0.0169. The molecule has 101 heavy (non-hydrogen) atoms. The van der Waals surface area contributed by atoms with Gasteiger partial charge in [0.25, 0.3) is 0 Å². The van der Waals surface area contributed by atoms with Crippen LogP contribution in [-0.2, 0) is 65.4 Å². The molecule has 3 unspecified atom stereocenters. The van der Waals surface area contributed by atoms with E-state index in [1.807, 2.05) is 0 Å². The van der Waals surface area contributed by atoms with Gasteiger partial charge in [0.2, 0.25) is 0 Å². The van der Waals surface area contributed by atoms with Crippen molar-refractivity contribution in [2.45, 2.75) is 420 Å². The number of hydrogen-bond acceptors (Lipinski definition) is 15. The van der Waals surface area contributed by atoms with Gasteiger partial charge < -0.3 is 33.8 Å². The summed E-state index contributed by atoms with van der Waals surface area (Å²) < 4.78 is 68.7. The Morgan fingerprint density at radius 2 is 0.584 bits per heavy atom. The van der Waals surface area contributed by atoms with Crippen LogP contribution >= 0.6 is 15.6 Å². The highest BCUT2D eigenvalue weighted by Gasteiger charge is 2.30. The Balaban J connectivity index is 5.25. The van der Waals surface area contributed by atoms with E-state index < -0.39 is 97.5 Å². The number of hydrogen-bond donors (Lipinski definition) is 3. The van der Waals surface area contributed by atoms with Gasteiger partial charge >= 0.3 is 39.5 Å². The fourth-order valence-electron chi connectivity index (χ4n) is 12.1. The van der Waals surface area contributed by atoms with Gasteiger partial charge in [-0.15, -0.1) is 0 Å². The zero-order valence-corrected chi connectivity index (χ0v) is 67.6.